The van der Waals surface area contributed by atoms with Gasteiger partial charge in [-0.2, -0.15) is 0 Å². The van der Waals surface area contributed by atoms with E-state index in [2.05, 4.69) is 5.32 Å². The molecule has 6 nitrogen and oxygen atoms in total. The van der Waals surface area contributed by atoms with Crippen LogP contribution >= 0.6 is 0 Å². The lowest BCUT2D eigenvalue weighted by molar-refractivity contribution is -0.122. The predicted molar refractivity (Wildman–Crippen MR) is 105 cm³/mol. The highest BCUT2D eigenvalue weighted by Crippen LogP contribution is 2.22. The number of ether oxygens (including phenoxy) is 2. The third kappa shape index (κ3) is 7.12. The Labute approximate surface area is 162 Å². The molecule has 1 aliphatic rings. The number of nitrogens with zero attached hydrogens (tertiary/aromatic N) is 1. The minimum absolute atomic E-state index is 0.0700. The van der Waals surface area contributed by atoms with Gasteiger partial charge in [0.1, 0.15) is 11.4 Å². The number of likely N-dealkylation sites (tertiary alicyclic amines) is 1. The Hall–Kier alpha value is -2.24. The van der Waals surface area contributed by atoms with Crippen LogP contribution in [0.2, 0.25) is 0 Å². The maximum absolute atomic E-state index is 12.2. The van der Waals surface area contributed by atoms with Crippen molar-refractivity contribution in [2.75, 3.05) is 26.7 Å². The SMILES string of the molecule is COc1ccccc1CCNC(=O)CC1CCN(C(=O)OC(C)(C)C)CC1. The highest BCUT2D eigenvalue weighted by molar-refractivity contribution is 5.76. The van der Waals surface area contributed by atoms with E-state index in [1.54, 1.807) is 12.0 Å². The molecule has 0 aliphatic carbocycles. The van der Waals surface area contributed by atoms with Gasteiger partial charge in [-0.15, -0.1) is 0 Å². The summed E-state index contributed by atoms with van der Waals surface area (Å²) in [6.45, 7) is 7.49. The number of hydrogen-bond acceptors (Lipinski definition) is 4. The summed E-state index contributed by atoms with van der Waals surface area (Å²) in [7, 11) is 1.65. The van der Waals surface area contributed by atoms with Gasteiger partial charge in [-0.3, -0.25) is 4.79 Å². The van der Waals surface area contributed by atoms with E-state index < -0.39 is 5.60 Å². The molecule has 1 aromatic carbocycles. The zero-order chi connectivity index (χ0) is 19.9. The van der Waals surface area contributed by atoms with E-state index in [0.29, 0.717) is 32.0 Å². The van der Waals surface area contributed by atoms with Crippen molar-refractivity contribution >= 4 is 12.0 Å². The molecule has 1 saturated heterocycles. The second-order valence-electron chi connectivity index (χ2n) is 8.03. The molecule has 1 heterocycles. The Kier molecular flexibility index (Phi) is 7.51. The standard InChI is InChI=1S/C21H32N2O4/c1-21(2,3)27-20(25)23-13-10-16(11-14-23)15-19(24)22-12-9-17-7-5-6-8-18(17)26-4/h5-8,16H,9-15H2,1-4H3,(H,22,24). The maximum Gasteiger partial charge on any atom is 0.410 e. The molecule has 0 aromatic heterocycles. The van der Waals surface area contributed by atoms with Gasteiger partial charge in [0.2, 0.25) is 5.91 Å². The minimum atomic E-state index is -0.477. The molecular weight excluding hydrogens is 344 g/mol. The molecule has 6 heteroatoms. The van der Waals surface area contributed by atoms with Crippen LogP contribution in [0.5, 0.6) is 5.75 Å². The van der Waals surface area contributed by atoms with Crippen molar-refractivity contribution in [3.63, 3.8) is 0 Å². The van der Waals surface area contributed by atoms with E-state index in [9.17, 15) is 9.59 Å². The number of nitrogens with one attached hydrogen (secondary N) is 1. The molecule has 1 N–H and O–H groups in total. The van der Waals surface area contributed by atoms with Crippen molar-refractivity contribution in [2.45, 2.75) is 52.1 Å². The van der Waals surface area contributed by atoms with E-state index in [0.717, 1.165) is 30.6 Å². The molecule has 1 fully saturated rings. The lowest BCUT2D eigenvalue weighted by Gasteiger charge is -2.33. The molecule has 0 saturated carbocycles. The van der Waals surface area contributed by atoms with Crippen LogP contribution < -0.4 is 10.1 Å². The van der Waals surface area contributed by atoms with Crippen molar-refractivity contribution in [1.29, 1.82) is 0 Å². The highest BCUT2D eigenvalue weighted by Gasteiger charge is 2.27. The first-order chi connectivity index (χ1) is 12.8. The number of rotatable bonds is 6. The van der Waals surface area contributed by atoms with Crippen LogP contribution in [0.4, 0.5) is 4.79 Å². The number of carbonyl (C=O) groups excluding carboxylic acids is 2. The molecule has 0 unspecified atom stereocenters. The Morgan fingerprint density at radius 1 is 1.19 bits per heavy atom. The molecular formula is C21H32N2O4. The van der Waals surface area contributed by atoms with E-state index in [1.165, 1.54) is 0 Å². The van der Waals surface area contributed by atoms with Crippen LogP contribution in [-0.4, -0.2) is 49.2 Å². The van der Waals surface area contributed by atoms with Crippen molar-refractivity contribution in [3.8, 4) is 5.75 Å². The monoisotopic (exact) mass is 376 g/mol. The summed E-state index contributed by atoms with van der Waals surface area (Å²) in [6.07, 6.45) is 2.65. The van der Waals surface area contributed by atoms with E-state index in [1.807, 2.05) is 45.0 Å². The van der Waals surface area contributed by atoms with Gasteiger partial charge in [0.15, 0.2) is 0 Å². The third-order valence-electron chi connectivity index (χ3n) is 4.65. The summed E-state index contributed by atoms with van der Waals surface area (Å²) in [5.41, 5.74) is 0.612. The molecule has 2 rings (SSSR count). The van der Waals surface area contributed by atoms with Gasteiger partial charge >= 0.3 is 6.09 Å². The average molecular weight is 376 g/mol. The first-order valence-electron chi connectivity index (χ1n) is 9.65. The molecule has 0 atom stereocenters. The van der Waals surface area contributed by atoms with Gasteiger partial charge in [-0.25, -0.2) is 4.79 Å². The van der Waals surface area contributed by atoms with Gasteiger partial charge in [0, 0.05) is 26.1 Å². The second kappa shape index (κ2) is 9.62. The minimum Gasteiger partial charge on any atom is -0.496 e. The van der Waals surface area contributed by atoms with Gasteiger partial charge in [0.25, 0.3) is 0 Å². The lowest BCUT2D eigenvalue weighted by Crippen LogP contribution is -2.42. The van der Waals surface area contributed by atoms with E-state index >= 15 is 0 Å². The fraction of sp³-hybridized carbons (Fsp3) is 0.619. The van der Waals surface area contributed by atoms with Crippen LogP contribution in [0, 0.1) is 5.92 Å². The Morgan fingerprint density at radius 2 is 1.85 bits per heavy atom. The number of amides is 2. The summed E-state index contributed by atoms with van der Waals surface area (Å²) in [6, 6.07) is 7.84. The van der Waals surface area contributed by atoms with Crippen molar-refractivity contribution < 1.29 is 19.1 Å². The Balaban J connectivity index is 1.68. The topological polar surface area (TPSA) is 67.9 Å². The molecule has 150 valence electrons. The van der Waals surface area contributed by atoms with Gasteiger partial charge < -0.3 is 19.7 Å². The third-order valence-corrected chi connectivity index (χ3v) is 4.65. The number of hydrogen-bond donors (Lipinski definition) is 1. The average Bonchev–Trinajstić information content (AvgIpc) is 2.61. The molecule has 2 amide bonds. The van der Waals surface area contributed by atoms with Crippen LogP contribution in [0.3, 0.4) is 0 Å². The van der Waals surface area contributed by atoms with E-state index in [4.69, 9.17) is 9.47 Å². The summed E-state index contributed by atoms with van der Waals surface area (Å²) >= 11 is 0. The molecule has 0 radical (unpaired) electrons. The van der Waals surface area contributed by atoms with Crippen LogP contribution in [0.15, 0.2) is 24.3 Å². The fourth-order valence-electron chi connectivity index (χ4n) is 3.23. The predicted octanol–water partition coefficient (Wildman–Crippen LogP) is 3.39. The summed E-state index contributed by atoms with van der Waals surface area (Å²) in [5.74, 6) is 1.23. The first-order valence-corrected chi connectivity index (χ1v) is 9.65. The zero-order valence-electron chi connectivity index (χ0n) is 16.9. The molecule has 1 aliphatic heterocycles. The largest absolute Gasteiger partial charge is 0.496 e. The summed E-state index contributed by atoms with van der Waals surface area (Å²) in [4.78, 5) is 26.0. The maximum atomic E-state index is 12.2. The Bertz CT molecular complexity index is 631. The second-order valence-corrected chi connectivity index (χ2v) is 8.03. The summed E-state index contributed by atoms with van der Waals surface area (Å²) in [5, 5.41) is 3.00. The van der Waals surface area contributed by atoms with Crippen LogP contribution in [0.25, 0.3) is 0 Å². The summed E-state index contributed by atoms with van der Waals surface area (Å²) < 4.78 is 10.7. The van der Waals surface area contributed by atoms with Gasteiger partial charge in [-0.05, 0) is 57.6 Å². The van der Waals surface area contributed by atoms with Gasteiger partial charge in [-0.1, -0.05) is 18.2 Å². The number of benzene rings is 1. The zero-order valence-corrected chi connectivity index (χ0v) is 16.9. The Morgan fingerprint density at radius 3 is 2.48 bits per heavy atom. The van der Waals surface area contributed by atoms with E-state index in [-0.39, 0.29) is 12.0 Å². The van der Waals surface area contributed by atoms with Crippen LogP contribution in [-0.2, 0) is 16.0 Å². The first kappa shape index (κ1) is 21.1. The normalized spacial score (nSPS) is 15.3. The fourth-order valence-corrected chi connectivity index (χ4v) is 3.23. The van der Waals surface area contributed by atoms with Crippen LogP contribution in [0.1, 0.15) is 45.6 Å². The molecule has 0 spiro atoms. The molecule has 1 aromatic rings. The number of piperidine rings is 1. The van der Waals surface area contributed by atoms with Gasteiger partial charge in [0.05, 0.1) is 7.11 Å². The smallest absolute Gasteiger partial charge is 0.410 e. The lowest BCUT2D eigenvalue weighted by atomic mass is 9.93. The number of methoxy groups -OCH3 is 1. The molecule has 0 bridgehead atoms. The number of carbonyl (C=O) groups is 2. The quantitative estimate of drug-likeness (QED) is 0.826. The highest BCUT2D eigenvalue weighted by atomic mass is 16.6. The van der Waals surface area contributed by atoms with Crippen molar-refractivity contribution in [2.24, 2.45) is 5.92 Å². The molecule has 27 heavy (non-hydrogen) atoms. The number of para-hydroxylation sites is 1. The van der Waals surface area contributed by atoms with Crippen molar-refractivity contribution in [1.82, 2.24) is 10.2 Å². The van der Waals surface area contributed by atoms with Crippen molar-refractivity contribution in [3.05, 3.63) is 29.8 Å².